The van der Waals surface area contributed by atoms with Crippen molar-refractivity contribution in [1.29, 1.82) is 0 Å². The molecule has 4 aliphatic carbocycles. The zero-order chi connectivity index (χ0) is 21.8. The Bertz CT molecular complexity index is 966. The lowest BCUT2D eigenvalue weighted by Crippen LogP contribution is -2.49. The number of H-pyrrole nitrogens is 1. The summed E-state index contributed by atoms with van der Waals surface area (Å²) in [6.45, 7) is 11.1. The number of nitrogens with one attached hydrogen (secondary N) is 2. The Morgan fingerprint density at radius 2 is 2.03 bits per heavy atom. The molecular weight excluding hydrogens is 394 g/mol. The van der Waals surface area contributed by atoms with E-state index in [1.807, 2.05) is 5.57 Å². The lowest BCUT2D eigenvalue weighted by molar-refractivity contribution is -0.0570. The van der Waals surface area contributed by atoms with Gasteiger partial charge >= 0.3 is 0 Å². The summed E-state index contributed by atoms with van der Waals surface area (Å²) in [6.07, 6.45) is 13.0. The van der Waals surface area contributed by atoms with Gasteiger partial charge in [0.05, 0.1) is 17.9 Å². The van der Waals surface area contributed by atoms with Crippen molar-refractivity contribution in [3.05, 3.63) is 28.6 Å². The molecule has 1 spiro atoms. The standard InChI is InChI=1S/C28H41N3O/c1-15-9-25-26(29-13-15)17(3)28(32-25)8-7-20-21-6-5-19-10-24-18(14-30-31-24)12-27(19,4)23(21)11-22(20)16(28)2/h14-15,17,19-21,23,25-26,29H,5-13H2,1-4H3,(H,30,31)/t15-,17+,19+,20-,21-,23-,25+,26-,27-,28-/m0/s1. The normalized spacial score (nSPS) is 51.8. The van der Waals surface area contributed by atoms with Crippen LogP contribution in [0.25, 0.3) is 0 Å². The summed E-state index contributed by atoms with van der Waals surface area (Å²) in [7, 11) is 0. The van der Waals surface area contributed by atoms with E-state index >= 15 is 0 Å². The molecule has 0 bridgehead atoms. The van der Waals surface area contributed by atoms with Gasteiger partial charge in [0.25, 0.3) is 0 Å². The Morgan fingerprint density at radius 1 is 1.16 bits per heavy atom. The Morgan fingerprint density at radius 3 is 2.91 bits per heavy atom. The number of hydrogen-bond donors (Lipinski definition) is 2. The number of nitrogens with zero attached hydrogens (tertiary/aromatic N) is 1. The van der Waals surface area contributed by atoms with Crippen molar-refractivity contribution >= 4 is 0 Å². The molecule has 0 aromatic carbocycles. The highest BCUT2D eigenvalue weighted by atomic mass is 16.5. The third-order valence-electron chi connectivity index (χ3n) is 11.7. The first-order valence-electron chi connectivity index (χ1n) is 13.5. The minimum absolute atomic E-state index is 0.00365. The fourth-order valence-corrected chi connectivity index (χ4v) is 9.91. The summed E-state index contributed by atoms with van der Waals surface area (Å²) in [5.74, 6) is 4.69. The molecule has 3 heterocycles. The predicted molar refractivity (Wildman–Crippen MR) is 126 cm³/mol. The van der Waals surface area contributed by atoms with Crippen LogP contribution in [0.1, 0.15) is 77.5 Å². The molecule has 2 saturated carbocycles. The zero-order valence-electron chi connectivity index (χ0n) is 20.4. The molecule has 0 amide bonds. The molecule has 4 heteroatoms. The van der Waals surface area contributed by atoms with Gasteiger partial charge in [-0.1, -0.05) is 26.3 Å². The smallest absolute Gasteiger partial charge is 0.0937 e. The average Bonchev–Trinajstić information content (AvgIpc) is 3.44. The van der Waals surface area contributed by atoms with Gasteiger partial charge in [-0.15, -0.1) is 0 Å². The highest BCUT2D eigenvalue weighted by Gasteiger charge is 2.61. The number of fused-ring (bicyclic) bond motifs is 7. The molecule has 174 valence electrons. The average molecular weight is 436 g/mol. The Hall–Kier alpha value is -1.13. The molecule has 0 unspecified atom stereocenters. The van der Waals surface area contributed by atoms with Gasteiger partial charge in [-0.25, -0.2) is 0 Å². The van der Waals surface area contributed by atoms with E-state index in [2.05, 4.69) is 49.4 Å². The lowest BCUT2D eigenvalue weighted by Gasteiger charge is -2.52. The van der Waals surface area contributed by atoms with Crippen LogP contribution >= 0.6 is 0 Å². The Balaban J connectivity index is 1.24. The molecule has 4 nitrogen and oxygen atoms in total. The van der Waals surface area contributed by atoms with Gasteiger partial charge in [0, 0.05) is 17.7 Å². The molecule has 32 heavy (non-hydrogen) atoms. The molecule has 6 aliphatic rings. The summed E-state index contributed by atoms with van der Waals surface area (Å²) in [4.78, 5) is 0. The molecular formula is C28H41N3O. The van der Waals surface area contributed by atoms with Crippen LogP contribution in [0.3, 0.4) is 0 Å². The second-order valence-electron chi connectivity index (χ2n) is 12.9. The topological polar surface area (TPSA) is 49.9 Å². The SMILES string of the molecule is CC1=C2C[C@H]3[C@@H](CC[C@@H]4Cc5[nH]ncc5C[C@@]43C)[C@@H]2CC[C@]12O[C@@H]1C[C@H](C)CN[C@H]1[C@H]2C. The molecule has 1 aromatic rings. The van der Waals surface area contributed by atoms with Crippen molar-refractivity contribution < 1.29 is 4.74 Å². The van der Waals surface area contributed by atoms with Crippen molar-refractivity contribution in [1.82, 2.24) is 15.5 Å². The van der Waals surface area contributed by atoms with Gasteiger partial charge in [0.1, 0.15) is 0 Å². The van der Waals surface area contributed by atoms with Crippen molar-refractivity contribution in [2.45, 2.75) is 96.8 Å². The molecule has 1 aromatic heterocycles. The largest absolute Gasteiger partial charge is 0.365 e. The van der Waals surface area contributed by atoms with E-state index in [-0.39, 0.29) is 5.60 Å². The van der Waals surface area contributed by atoms with Crippen molar-refractivity contribution in [3.8, 4) is 0 Å². The molecule has 2 saturated heterocycles. The first-order valence-corrected chi connectivity index (χ1v) is 13.5. The minimum Gasteiger partial charge on any atom is -0.365 e. The molecule has 4 fully saturated rings. The second-order valence-corrected chi connectivity index (χ2v) is 12.9. The second kappa shape index (κ2) is 6.72. The molecule has 2 N–H and O–H groups in total. The van der Waals surface area contributed by atoms with Crippen LogP contribution in [0, 0.1) is 40.9 Å². The number of aromatic nitrogens is 2. The minimum atomic E-state index is -0.00365. The van der Waals surface area contributed by atoms with Crippen LogP contribution < -0.4 is 5.32 Å². The van der Waals surface area contributed by atoms with Crippen molar-refractivity contribution in [2.24, 2.45) is 40.9 Å². The summed E-state index contributed by atoms with van der Waals surface area (Å²) in [5, 5.41) is 11.6. The Kier molecular flexibility index (Phi) is 4.25. The number of ether oxygens (including phenoxy) is 1. The monoisotopic (exact) mass is 435 g/mol. The van der Waals surface area contributed by atoms with Gasteiger partial charge in [-0.3, -0.25) is 5.10 Å². The summed E-state index contributed by atoms with van der Waals surface area (Å²) in [6, 6.07) is 0.543. The summed E-state index contributed by atoms with van der Waals surface area (Å²) >= 11 is 0. The van der Waals surface area contributed by atoms with Crippen LogP contribution in [-0.2, 0) is 17.6 Å². The van der Waals surface area contributed by atoms with Crippen LogP contribution in [0.5, 0.6) is 0 Å². The highest BCUT2D eigenvalue weighted by Crippen LogP contribution is 2.65. The van der Waals surface area contributed by atoms with Crippen LogP contribution in [-0.4, -0.2) is 34.5 Å². The number of hydrogen-bond acceptors (Lipinski definition) is 3. The zero-order valence-corrected chi connectivity index (χ0v) is 20.4. The number of allylic oxidation sites excluding steroid dienone is 1. The highest BCUT2D eigenvalue weighted by molar-refractivity contribution is 5.37. The fraction of sp³-hybridized carbons (Fsp3) is 0.821. The van der Waals surface area contributed by atoms with Crippen molar-refractivity contribution in [2.75, 3.05) is 6.54 Å². The van der Waals surface area contributed by atoms with Gasteiger partial charge < -0.3 is 10.1 Å². The van der Waals surface area contributed by atoms with E-state index in [0.717, 1.165) is 36.1 Å². The molecule has 0 radical (unpaired) electrons. The fourth-order valence-electron chi connectivity index (χ4n) is 9.91. The third-order valence-corrected chi connectivity index (χ3v) is 11.7. The van der Waals surface area contributed by atoms with Crippen LogP contribution in [0.2, 0.25) is 0 Å². The lowest BCUT2D eigenvalue weighted by atomic mass is 9.52. The predicted octanol–water partition coefficient (Wildman–Crippen LogP) is 5.06. The summed E-state index contributed by atoms with van der Waals surface area (Å²) in [5.41, 5.74) is 6.83. The van der Waals surface area contributed by atoms with Gasteiger partial charge in [-0.05, 0) is 111 Å². The first kappa shape index (κ1) is 20.3. The summed E-state index contributed by atoms with van der Waals surface area (Å²) < 4.78 is 7.09. The first-order chi connectivity index (χ1) is 15.4. The van der Waals surface area contributed by atoms with Gasteiger partial charge in [-0.2, -0.15) is 5.10 Å². The number of rotatable bonds is 0. The maximum atomic E-state index is 7.09. The van der Waals surface area contributed by atoms with Gasteiger partial charge in [0.2, 0.25) is 0 Å². The van der Waals surface area contributed by atoms with Gasteiger partial charge in [0.15, 0.2) is 0 Å². The quantitative estimate of drug-likeness (QED) is 0.560. The van der Waals surface area contributed by atoms with E-state index in [4.69, 9.17) is 4.74 Å². The maximum absolute atomic E-state index is 7.09. The van der Waals surface area contributed by atoms with E-state index in [1.54, 1.807) is 5.57 Å². The molecule has 10 atom stereocenters. The van der Waals surface area contributed by atoms with E-state index in [9.17, 15) is 0 Å². The number of piperidine rings is 1. The Labute approximate surface area is 193 Å². The maximum Gasteiger partial charge on any atom is 0.0937 e. The van der Waals surface area contributed by atoms with E-state index < -0.39 is 0 Å². The van der Waals surface area contributed by atoms with E-state index in [0.29, 0.717) is 23.5 Å². The van der Waals surface area contributed by atoms with Crippen LogP contribution in [0.15, 0.2) is 17.3 Å². The van der Waals surface area contributed by atoms with Crippen molar-refractivity contribution in [3.63, 3.8) is 0 Å². The van der Waals surface area contributed by atoms with Crippen LogP contribution in [0.4, 0.5) is 0 Å². The molecule has 7 rings (SSSR count). The third kappa shape index (κ3) is 2.49. The van der Waals surface area contributed by atoms with E-state index in [1.165, 1.54) is 62.6 Å². The number of aromatic amines is 1. The molecule has 2 aliphatic heterocycles.